The minimum atomic E-state index is -4.73. The van der Waals surface area contributed by atoms with Gasteiger partial charge < -0.3 is 4.98 Å². The molecule has 0 unspecified atom stereocenters. The molecule has 96 valence electrons. The lowest BCUT2D eigenvalue weighted by Gasteiger charge is -2.07. The van der Waals surface area contributed by atoms with Crippen LogP contribution in [0.1, 0.15) is 11.4 Å². The van der Waals surface area contributed by atoms with Gasteiger partial charge in [0.1, 0.15) is 0 Å². The molecule has 0 aliphatic heterocycles. The van der Waals surface area contributed by atoms with Gasteiger partial charge in [-0.05, 0) is 12.1 Å². The summed E-state index contributed by atoms with van der Waals surface area (Å²) in [6, 6.07) is 8.65. The highest BCUT2D eigenvalue weighted by molar-refractivity contribution is 5.61. The second-order valence-electron chi connectivity index (χ2n) is 3.67. The molecule has 1 N–H and O–H groups in total. The van der Waals surface area contributed by atoms with E-state index in [1.165, 1.54) is 24.3 Å². The van der Waals surface area contributed by atoms with E-state index in [4.69, 9.17) is 5.26 Å². The van der Waals surface area contributed by atoms with Crippen LogP contribution in [0.2, 0.25) is 0 Å². The molecule has 0 aliphatic carbocycles. The number of halogens is 3. The summed E-state index contributed by atoms with van der Waals surface area (Å²) in [5.74, 6) is -1.36. The van der Waals surface area contributed by atoms with Crippen LogP contribution in [0, 0.1) is 11.3 Å². The van der Waals surface area contributed by atoms with Crippen LogP contribution in [0.4, 0.5) is 13.2 Å². The lowest BCUT2D eigenvalue weighted by atomic mass is 10.1. The Morgan fingerprint density at radius 3 is 2.63 bits per heavy atom. The fourth-order valence-electron chi connectivity index (χ4n) is 1.49. The maximum absolute atomic E-state index is 12.5. The van der Waals surface area contributed by atoms with Crippen molar-refractivity contribution in [2.24, 2.45) is 0 Å². The van der Waals surface area contributed by atoms with E-state index < -0.39 is 17.6 Å². The summed E-state index contributed by atoms with van der Waals surface area (Å²) >= 11 is 0. The number of nitriles is 1. The Labute approximate surface area is 105 Å². The third-order valence-corrected chi connectivity index (χ3v) is 2.30. The number of hydrogen-bond donors (Lipinski definition) is 1. The Hall–Kier alpha value is -2.62. The van der Waals surface area contributed by atoms with Gasteiger partial charge in [-0.15, -0.1) is 0 Å². The molecule has 0 bridgehead atoms. The van der Waals surface area contributed by atoms with Crippen LogP contribution in [0.5, 0.6) is 0 Å². The molecule has 2 rings (SSSR count). The number of aromatic nitrogens is 2. The summed E-state index contributed by atoms with van der Waals surface area (Å²) in [6.45, 7) is 0. The number of benzene rings is 1. The van der Waals surface area contributed by atoms with Gasteiger partial charge in [-0.25, -0.2) is 4.98 Å². The first-order chi connectivity index (χ1) is 8.90. The monoisotopic (exact) mass is 265 g/mol. The first-order valence-electron chi connectivity index (χ1n) is 5.09. The largest absolute Gasteiger partial charge is 0.449 e. The van der Waals surface area contributed by atoms with E-state index in [-0.39, 0.29) is 16.8 Å². The van der Waals surface area contributed by atoms with E-state index in [0.29, 0.717) is 0 Å². The molecule has 0 saturated heterocycles. The molecule has 4 nitrogen and oxygen atoms in total. The van der Waals surface area contributed by atoms with Crippen LogP contribution < -0.4 is 5.56 Å². The molecule has 0 fully saturated rings. The molecule has 0 atom stereocenters. The highest BCUT2D eigenvalue weighted by Gasteiger charge is 2.34. The van der Waals surface area contributed by atoms with Crippen LogP contribution >= 0.6 is 0 Å². The molecule has 0 spiro atoms. The molecular weight excluding hydrogens is 259 g/mol. The SMILES string of the molecule is N#Cc1cccc(-c2cc(=O)[nH]c(C(F)(F)F)n2)c1. The minimum absolute atomic E-state index is 0.131. The number of nitrogens with zero attached hydrogens (tertiary/aromatic N) is 2. The van der Waals surface area contributed by atoms with E-state index >= 15 is 0 Å². The Balaban J connectivity index is 2.60. The van der Waals surface area contributed by atoms with Gasteiger partial charge >= 0.3 is 6.18 Å². The van der Waals surface area contributed by atoms with Gasteiger partial charge in [0.2, 0.25) is 5.82 Å². The molecular formula is C12H6F3N3O. The summed E-state index contributed by atoms with van der Waals surface area (Å²) in [5.41, 5.74) is -0.489. The molecule has 19 heavy (non-hydrogen) atoms. The average molecular weight is 265 g/mol. The molecule has 0 radical (unpaired) electrons. The van der Waals surface area contributed by atoms with Crippen molar-refractivity contribution >= 4 is 0 Å². The van der Waals surface area contributed by atoms with Crippen molar-refractivity contribution in [1.82, 2.24) is 9.97 Å². The van der Waals surface area contributed by atoms with Crippen molar-refractivity contribution in [2.75, 3.05) is 0 Å². The Bertz CT molecular complexity index is 713. The number of rotatable bonds is 1. The van der Waals surface area contributed by atoms with E-state index in [2.05, 4.69) is 4.98 Å². The van der Waals surface area contributed by atoms with Gasteiger partial charge in [-0.1, -0.05) is 12.1 Å². The molecule has 7 heteroatoms. The van der Waals surface area contributed by atoms with Crippen LogP contribution in [0.3, 0.4) is 0 Å². The van der Waals surface area contributed by atoms with Gasteiger partial charge in [0.05, 0.1) is 17.3 Å². The standard InChI is InChI=1S/C12H6F3N3O/c13-12(14,15)11-17-9(5-10(19)18-11)8-3-1-2-7(4-8)6-16/h1-5H,(H,17,18,19). The predicted molar refractivity (Wildman–Crippen MR) is 60.0 cm³/mol. The molecule has 0 saturated carbocycles. The highest BCUT2D eigenvalue weighted by atomic mass is 19.4. The summed E-state index contributed by atoms with van der Waals surface area (Å²) in [4.78, 5) is 16.2. The second kappa shape index (κ2) is 4.57. The Morgan fingerprint density at radius 2 is 2.00 bits per heavy atom. The lowest BCUT2D eigenvalue weighted by molar-refractivity contribution is -0.145. The molecule has 1 aromatic heterocycles. The zero-order valence-electron chi connectivity index (χ0n) is 9.32. The third kappa shape index (κ3) is 2.80. The fraction of sp³-hybridized carbons (Fsp3) is 0.0833. The normalized spacial score (nSPS) is 11.1. The van der Waals surface area contributed by atoms with Crippen molar-refractivity contribution in [1.29, 1.82) is 5.26 Å². The van der Waals surface area contributed by atoms with Crippen LogP contribution in [-0.4, -0.2) is 9.97 Å². The first-order valence-corrected chi connectivity index (χ1v) is 5.09. The smallest absolute Gasteiger partial charge is 0.303 e. The summed E-state index contributed by atoms with van der Waals surface area (Å²) in [7, 11) is 0. The molecule has 0 aliphatic rings. The highest BCUT2D eigenvalue weighted by Crippen LogP contribution is 2.27. The van der Waals surface area contributed by atoms with Gasteiger partial charge in [0.25, 0.3) is 5.56 Å². The summed E-state index contributed by atoms with van der Waals surface area (Å²) < 4.78 is 37.6. The number of nitrogens with one attached hydrogen (secondary N) is 1. The Morgan fingerprint density at radius 1 is 1.26 bits per heavy atom. The zero-order chi connectivity index (χ0) is 14.0. The summed E-state index contributed by atoms with van der Waals surface area (Å²) in [5, 5.41) is 8.73. The topological polar surface area (TPSA) is 69.5 Å². The number of hydrogen-bond acceptors (Lipinski definition) is 3. The van der Waals surface area contributed by atoms with Gasteiger partial charge in [0, 0.05) is 11.6 Å². The summed E-state index contributed by atoms with van der Waals surface area (Å²) in [6.07, 6.45) is -4.73. The van der Waals surface area contributed by atoms with Crippen molar-refractivity contribution in [2.45, 2.75) is 6.18 Å². The van der Waals surface area contributed by atoms with Gasteiger partial charge in [0.15, 0.2) is 0 Å². The van der Waals surface area contributed by atoms with Crippen LogP contribution in [0.15, 0.2) is 35.1 Å². The molecule has 0 amide bonds. The van der Waals surface area contributed by atoms with E-state index in [1.54, 1.807) is 4.98 Å². The molecule has 1 heterocycles. The average Bonchev–Trinajstić information content (AvgIpc) is 2.37. The number of aromatic amines is 1. The lowest BCUT2D eigenvalue weighted by Crippen LogP contribution is -2.18. The Kier molecular flexibility index (Phi) is 3.09. The quantitative estimate of drug-likeness (QED) is 0.860. The van der Waals surface area contributed by atoms with Gasteiger partial charge in [-0.2, -0.15) is 18.4 Å². The van der Waals surface area contributed by atoms with E-state index in [9.17, 15) is 18.0 Å². The second-order valence-corrected chi connectivity index (χ2v) is 3.67. The van der Waals surface area contributed by atoms with E-state index in [0.717, 1.165) is 6.07 Å². The molecule has 1 aromatic carbocycles. The predicted octanol–water partition coefficient (Wildman–Crippen LogP) is 2.33. The van der Waals surface area contributed by atoms with Crippen molar-refractivity contribution < 1.29 is 13.2 Å². The van der Waals surface area contributed by atoms with Gasteiger partial charge in [-0.3, -0.25) is 4.79 Å². The van der Waals surface area contributed by atoms with Crippen LogP contribution in [-0.2, 0) is 6.18 Å². The van der Waals surface area contributed by atoms with E-state index in [1.807, 2.05) is 6.07 Å². The fourth-order valence-corrected chi connectivity index (χ4v) is 1.49. The third-order valence-electron chi connectivity index (χ3n) is 2.30. The maximum atomic E-state index is 12.5. The minimum Gasteiger partial charge on any atom is -0.303 e. The number of alkyl halides is 3. The van der Waals surface area contributed by atoms with Crippen LogP contribution in [0.25, 0.3) is 11.3 Å². The molecule has 2 aromatic rings. The first kappa shape index (κ1) is 12.8. The zero-order valence-corrected chi connectivity index (χ0v) is 9.32. The van der Waals surface area contributed by atoms with Crippen molar-refractivity contribution in [3.05, 3.63) is 52.1 Å². The maximum Gasteiger partial charge on any atom is 0.449 e. The van der Waals surface area contributed by atoms with Crippen molar-refractivity contribution in [3.63, 3.8) is 0 Å². The van der Waals surface area contributed by atoms with Crippen molar-refractivity contribution in [3.8, 4) is 17.3 Å². The number of H-pyrrole nitrogens is 1.